The molecule has 234 valence electrons. The van der Waals surface area contributed by atoms with Crippen molar-refractivity contribution in [2.45, 2.75) is 84.3 Å². The lowest BCUT2D eigenvalue weighted by molar-refractivity contribution is -0.143. The molecule has 0 atom stereocenters. The number of carbonyl (C=O) groups is 4. The molecule has 2 aromatic carbocycles. The third kappa shape index (κ3) is 6.90. The van der Waals surface area contributed by atoms with Gasteiger partial charge in [-0.1, -0.05) is 38.1 Å². The van der Waals surface area contributed by atoms with E-state index in [2.05, 4.69) is 24.5 Å². The number of anilines is 1. The molecule has 2 heterocycles. The van der Waals surface area contributed by atoms with Gasteiger partial charge in [0.05, 0.1) is 17.7 Å². The Labute approximate surface area is 257 Å². The third-order valence-corrected chi connectivity index (χ3v) is 8.51. The topological polar surface area (TPSA) is 142 Å². The van der Waals surface area contributed by atoms with Gasteiger partial charge in [-0.2, -0.15) is 0 Å². The number of primary amides is 1. The van der Waals surface area contributed by atoms with Crippen LogP contribution in [0.4, 0.5) is 10.5 Å². The molecule has 1 aromatic heterocycles. The first-order chi connectivity index (χ1) is 21.1. The van der Waals surface area contributed by atoms with Gasteiger partial charge in [-0.15, -0.1) is 0 Å². The van der Waals surface area contributed by atoms with E-state index in [1.54, 1.807) is 13.0 Å². The van der Waals surface area contributed by atoms with Gasteiger partial charge in [0.25, 0.3) is 5.91 Å². The minimum Gasteiger partial charge on any atom is -0.466 e. The smallest absolute Gasteiger partial charge is 0.407 e. The number of aromatic nitrogens is 1. The molecular weight excluding hydrogens is 560 g/mol. The maximum Gasteiger partial charge on any atom is 0.407 e. The molecule has 3 aromatic rings. The third-order valence-electron chi connectivity index (χ3n) is 8.51. The van der Waals surface area contributed by atoms with Crippen LogP contribution >= 0.6 is 0 Å². The fourth-order valence-electron chi connectivity index (χ4n) is 6.50. The van der Waals surface area contributed by atoms with E-state index < -0.39 is 12.0 Å². The van der Waals surface area contributed by atoms with Gasteiger partial charge >= 0.3 is 12.1 Å². The highest BCUT2D eigenvalue weighted by Gasteiger charge is 2.35. The van der Waals surface area contributed by atoms with Crippen LogP contribution in [0.25, 0.3) is 22.0 Å². The van der Waals surface area contributed by atoms with Crippen molar-refractivity contribution in [3.63, 3.8) is 0 Å². The summed E-state index contributed by atoms with van der Waals surface area (Å²) in [6.07, 6.45) is 4.12. The Bertz CT molecular complexity index is 1570. The number of nitrogens with one attached hydrogen (secondary N) is 2. The summed E-state index contributed by atoms with van der Waals surface area (Å²) in [6, 6.07) is 13.7. The van der Waals surface area contributed by atoms with Crippen LogP contribution in [0.5, 0.6) is 0 Å². The highest BCUT2D eigenvalue weighted by molar-refractivity contribution is 6.06. The average Bonchev–Trinajstić information content (AvgIpc) is 3.29. The van der Waals surface area contributed by atoms with Gasteiger partial charge in [0, 0.05) is 47.8 Å². The summed E-state index contributed by atoms with van der Waals surface area (Å²) < 4.78 is 12.4. The number of amides is 2. The molecule has 1 saturated carbocycles. The molecule has 5 rings (SSSR count). The lowest BCUT2D eigenvalue weighted by atomic mass is 9.80. The second kappa shape index (κ2) is 13.1. The number of carbonyl (C=O) groups excluding carboxylic acids is 4. The zero-order chi connectivity index (χ0) is 31.4. The molecule has 0 radical (unpaired) electrons. The summed E-state index contributed by atoms with van der Waals surface area (Å²) in [5, 5.41) is 7.25. The zero-order valence-electron chi connectivity index (χ0n) is 25.7. The minimum absolute atomic E-state index is 0.0658. The van der Waals surface area contributed by atoms with E-state index in [1.165, 1.54) is 0 Å². The molecule has 10 nitrogen and oxygen atoms in total. The Morgan fingerprint density at radius 1 is 1.05 bits per heavy atom. The Kier molecular flexibility index (Phi) is 9.27. The van der Waals surface area contributed by atoms with E-state index in [0.717, 1.165) is 47.0 Å². The van der Waals surface area contributed by atoms with Gasteiger partial charge in [-0.05, 0) is 74.6 Å². The van der Waals surface area contributed by atoms with Crippen LogP contribution in [-0.4, -0.2) is 53.7 Å². The van der Waals surface area contributed by atoms with E-state index in [-0.39, 0.29) is 35.9 Å². The first-order valence-electron chi connectivity index (χ1n) is 15.5. The van der Waals surface area contributed by atoms with Crippen LogP contribution in [0.1, 0.15) is 86.6 Å². The normalized spacial score (nSPS) is 19.2. The molecule has 0 spiro atoms. The quantitative estimate of drug-likeness (QED) is 0.196. The first kappa shape index (κ1) is 31.1. The fourth-order valence-corrected chi connectivity index (χ4v) is 6.50. The number of benzene rings is 2. The number of nitrogens with zero attached hydrogens (tertiary/aromatic N) is 1. The molecule has 1 fully saturated rings. The van der Waals surface area contributed by atoms with Gasteiger partial charge < -0.3 is 25.8 Å². The van der Waals surface area contributed by atoms with Crippen LogP contribution in [0.2, 0.25) is 0 Å². The number of rotatable bonds is 10. The summed E-state index contributed by atoms with van der Waals surface area (Å²) in [5.74, 6) is -0.704. The van der Waals surface area contributed by atoms with Crippen LogP contribution in [0, 0.1) is 5.41 Å². The number of para-hydroxylation sites is 1. The molecule has 10 heteroatoms. The molecule has 0 saturated heterocycles. The highest BCUT2D eigenvalue weighted by atomic mass is 16.6. The summed E-state index contributed by atoms with van der Waals surface area (Å²) in [5.41, 5.74) is 10.5. The second-order valence-electron chi connectivity index (χ2n) is 12.6. The second-order valence-corrected chi connectivity index (χ2v) is 12.6. The van der Waals surface area contributed by atoms with Crippen molar-refractivity contribution in [3.05, 3.63) is 53.7 Å². The number of nitrogens with two attached hydrogens (primary N) is 1. The van der Waals surface area contributed by atoms with E-state index in [9.17, 15) is 19.2 Å². The highest BCUT2D eigenvalue weighted by Crippen LogP contribution is 2.43. The summed E-state index contributed by atoms with van der Waals surface area (Å²) in [4.78, 5) is 49.4. The molecule has 44 heavy (non-hydrogen) atoms. The summed E-state index contributed by atoms with van der Waals surface area (Å²) in [6.45, 7) is 6.68. The number of fused-ring (bicyclic) bond motifs is 3. The van der Waals surface area contributed by atoms with Crippen LogP contribution in [-0.2, 0) is 20.7 Å². The number of alkyl carbamates (subject to hydrolysis) is 1. The number of hydrogen-bond donors (Lipinski definition) is 3. The van der Waals surface area contributed by atoms with E-state index in [4.69, 9.17) is 15.2 Å². The predicted molar refractivity (Wildman–Crippen MR) is 169 cm³/mol. The SMILES string of the molecule is CCOC(=O)CCCNC(=O)OC1CCC(Nc2cc(-c3c4n(c5ccccc35)C(=O)CC(C)(C)C4)ccc2C(N)=O)CC1. The van der Waals surface area contributed by atoms with Gasteiger partial charge in [0.15, 0.2) is 0 Å². The molecule has 2 aliphatic rings. The van der Waals surface area contributed by atoms with Crippen LogP contribution in [0.15, 0.2) is 42.5 Å². The van der Waals surface area contributed by atoms with Crippen LogP contribution in [0.3, 0.4) is 0 Å². The molecule has 1 aliphatic heterocycles. The molecule has 0 bridgehead atoms. The van der Waals surface area contributed by atoms with Crippen molar-refractivity contribution in [1.29, 1.82) is 0 Å². The number of ether oxygens (including phenoxy) is 2. The summed E-state index contributed by atoms with van der Waals surface area (Å²) in [7, 11) is 0. The number of esters is 1. The maximum absolute atomic E-state index is 13.3. The van der Waals surface area contributed by atoms with Crippen molar-refractivity contribution in [2.24, 2.45) is 11.1 Å². The average molecular weight is 603 g/mol. The standard InChI is InChI=1S/C34H42N4O6/c1-4-43-30(40)10-7-17-36-33(42)44-23-14-12-22(13-15-23)37-26-18-21(11-16-24(26)32(35)41)31-25-8-5-6-9-27(25)38-28(31)19-34(2,3)20-29(38)39/h5-6,8-9,11,16,18,22-23,37H,4,7,10,12-15,17,19-20H2,1-3H3,(H2,35,41)(H,36,42). The van der Waals surface area contributed by atoms with Crippen molar-refractivity contribution in [1.82, 2.24) is 9.88 Å². The zero-order valence-corrected chi connectivity index (χ0v) is 25.7. The van der Waals surface area contributed by atoms with Crippen molar-refractivity contribution in [3.8, 4) is 11.1 Å². The molecular formula is C34H42N4O6. The minimum atomic E-state index is -0.518. The fraction of sp³-hybridized carbons (Fsp3) is 0.471. The molecule has 1 aliphatic carbocycles. The predicted octanol–water partition coefficient (Wildman–Crippen LogP) is 5.81. The van der Waals surface area contributed by atoms with Crippen LogP contribution < -0.4 is 16.4 Å². The lowest BCUT2D eigenvalue weighted by Crippen LogP contribution is -2.35. The Morgan fingerprint density at radius 2 is 1.80 bits per heavy atom. The monoisotopic (exact) mass is 602 g/mol. The van der Waals surface area contributed by atoms with E-state index >= 15 is 0 Å². The molecule has 0 unspecified atom stereocenters. The Morgan fingerprint density at radius 3 is 2.52 bits per heavy atom. The molecule has 4 N–H and O–H groups in total. The maximum atomic E-state index is 13.3. The van der Waals surface area contributed by atoms with Gasteiger partial charge in [0.1, 0.15) is 6.10 Å². The van der Waals surface area contributed by atoms with Crippen molar-refractivity contribution >= 4 is 40.5 Å². The number of hydrogen-bond acceptors (Lipinski definition) is 7. The van der Waals surface area contributed by atoms with Gasteiger partial charge in [-0.3, -0.25) is 19.0 Å². The first-order valence-corrected chi connectivity index (χ1v) is 15.5. The lowest BCUT2D eigenvalue weighted by Gasteiger charge is -2.31. The van der Waals surface area contributed by atoms with Crippen molar-refractivity contribution < 1.29 is 28.7 Å². The largest absolute Gasteiger partial charge is 0.466 e. The van der Waals surface area contributed by atoms with E-state index in [1.807, 2.05) is 41.0 Å². The molecule has 2 amide bonds. The Hall–Kier alpha value is -4.34. The van der Waals surface area contributed by atoms with Crippen molar-refractivity contribution in [2.75, 3.05) is 18.5 Å². The van der Waals surface area contributed by atoms with E-state index in [0.29, 0.717) is 50.1 Å². The Balaban J connectivity index is 1.28. The summed E-state index contributed by atoms with van der Waals surface area (Å²) >= 11 is 0. The van der Waals surface area contributed by atoms with Gasteiger partial charge in [0.2, 0.25) is 5.91 Å². The van der Waals surface area contributed by atoms with Gasteiger partial charge in [-0.25, -0.2) is 4.79 Å².